The molecule has 3 rings (SSSR count). The van der Waals surface area contributed by atoms with E-state index in [9.17, 15) is 0 Å². The summed E-state index contributed by atoms with van der Waals surface area (Å²) in [6.45, 7) is 2.93. The largest absolute Gasteiger partial charge is 0.489 e. The second-order valence-electron chi connectivity index (χ2n) is 4.37. The number of nitriles is 1. The number of fused-ring (bicyclic) bond motifs is 1. The van der Waals surface area contributed by atoms with Crippen molar-refractivity contribution in [3.63, 3.8) is 0 Å². The Morgan fingerprint density at radius 2 is 2.53 bits per heavy atom. The number of aromatic nitrogens is 2. The molecule has 6 heteroatoms. The number of nitrogens with one attached hydrogen (secondary N) is 1. The van der Waals surface area contributed by atoms with Gasteiger partial charge in [0.1, 0.15) is 24.5 Å². The van der Waals surface area contributed by atoms with Gasteiger partial charge in [0.2, 0.25) is 0 Å². The highest BCUT2D eigenvalue weighted by Crippen LogP contribution is 2.16. The van der Waals surface area contributed by atoms with E-state index in [0.29, 0.717) is 17.9 Å². The van der Waals surface area contributed by atoms with Gasteiger partial charge in [0.15, 0.2) is 0 Å². The number of hydrogen-bond acceptors (Lipinski definition) is 5. The van der Waals surface area contributed by atoms with Crippen LogP contribution in [-0.4, -0.2) is 42.0 Å². The van der Waals surface area contributed by atoms with Crippen molar-refractivity contribution in [2.75, 3.05) is 26.3 Å². The first-order chi connectivity index (χ1) is 9.36. The third-order valence-corrected chi connectivity index (χ3v) is 3.05. The number of hydrogen-bond donors (Lipinski definition) is 1. The van der Waals surface area contributed by atoms with Crippen LogP contribution in [0.2, 0.25) is 0 Å². The summed E-state index contributed by atoms with van der Waals surface area (Å²) in [5, 5.41) is 16.3. The van der Waals surface area contributed by atoms with E-state index in [1.54, 1.807) is 16.9 Å². The van der Waals surface area contributed by atoms with E-state index in [0.717, 1.165) is 25.2 Å². The third kappa shape index (κ3) is 2.52. The summed E-state index contributed by atoms with van der Waals surface area (Å²) >= 11 is 0. The Bertz CT molecular complexity index is 611. The highest BCUT2D eigenvalue weighted by molar-refractivity contribution is 5.60. The van der Waals surface area contributed by atoms with Crippen LogP contribution >= 0.6 is 0 Å². The van der Waals surface area contributed by atoms with Crippen LogP contribution in [0.4, 0.5) is 0 Å². The van der Waals surface area contributed by atoms with Crippen molar-refractivity contribution < 1.29 is 9.47 Å². The standard InChI is InChI=1S/C13H14N4O2/c14-5-10-6-16-17-8-11(1-2-13(10)17)19-9-12-7-15-3-4-18-12/h1-2,6,8,12,15H,3-4,7,9H2/t12-/m0/s1. The van der Waals surface area contributed by atoms with E-state index >= 15 is 0 Å². The Balaban J connectivity index is 1.69. The molecule has 1 atom stereocenters. The van der Waals surface area contributed by atoms with E-state index in [1.807, 2.05) is 12.1 Å². The molecule has 0 bridgehead atoms. The molecule has 0 aromatic carbocycles. The Hall–Kier alpha value is -2.10. The average molecular weight is 258 g/mol. The summed E-state index contributed by atoms with van der Waals surface area (Å²) in [7, 11) is 0. The first-order valence-electron chi connectivity index (χ1n) is 6.19. The minimum atomic E-state index is 0.0803. The first-order valence-corrected chi connectivity index (χ1v) is 6.19. The molecule has 1 fully saturated rings. The average Bonchev–Trinajstić information content (AvgIpc) is 2.88. The van der Waals surface area contributed by atoms with Gasteiger partial charge in [0, 0.05) is 13.1 Å². The summed E-state index contributed by atoms with van der Waals surface area (Å²) < 4.78 is 12.9. The van der Waals surface area contributed by atoms with Crippen LogP contribution < -0.4 is 10.1 Å². The maximum absolute atomic E-state index is 8.91. The summed E-state index contributed by atoms with van der Waals surface area (Å²) in [4.78, 5) is 0. The minimum absolute atomic E-state index is 0.0803. The van der Waals surface area contributed by atoms with E-state index in [1.165, 1.54) is 0 Å². The fraction of sp³-hybridized carbons (Fsp3) is 0.385. The molecule has 0 unspecified atom stereocenters. The quantitative estimate of drug-likeness (QED) is 0.871. The van der Waals surface area contributed by atoms with Gasteiger partial charge >= 0.3 is 0 Å². The number of nitrogens with zero attached hydrogens (tertiary/aromatic N) is 3. The lowest BCUT2D eigenvalue weighted by molar-refractivity contribution is 0.0000987. The van der Waals surface area contributed by atoms with E-state index < -0.39 is 0 Å². The van der Waals surface area contributed by atoms with Crippen molar-refractivity contribution in [1.82, 2.24) is 14.9 Å². The van der Waals surface area contributed by atoms with Gasteiger partial charge in [-0.3, -0.25) is 0 Å². The maximum Gasteiger partial charge on any atom is 0.137 e. The van der Waals surface area contributed by atoms with Crippen molar-refractivity contribution in [2.24, 2.45) is 0 Å². The Morgan fingerprint density at radius 1 is 1.58 bits per heavy atom. The van der Waals surface area contributed by atoms with E-state index in [2.05, 4.69) is 16.5 Å². The van der Waals surface area contributed by atoms with Gasteiger partial charge in [-0.1, -0.05) is 0 Å². The summed E-state index contributed by atoms with van der Waals surface area (Å²) in [5.41, 5.74) is 1.34. The molecule has 0 saturated carbocycles. The molecule has 0 spiro atoms. The molecule has 2 aromatic rings. The zero-order chi connectivity index (χ0) is 13.1. The molecule has 3 heterocycles. The SMILES string of the molecule is N#Cc1cnn2cc(OC[C@@H]3CNCCO3)ccc12. The topological polar surface area (TPSA) is 71.6 Å². The zero-order valence-corrected chi connectivity index (χ0v) is 10.4. The summed E-state index contributed by atoms with van der Waals surface area (Å²) in [6.07, 6.45) is 3.40. The van der Waals surface area contributed by atoms with Gasteiger partial charge < -0.3 is 14.8 Å². The van der Waals surface area contributed by atoms with Gasteiger partial charge in [-0.15, -0.1) is 0 Å². The third-order valence-electron chi connectivity index (χ3n) is 3.05. The first kappa shape index (κ1) is 12.0. The molecule has 6 nitrogen and oxygen atoms in total. The van der Waals surface area contributed by atoms with Crippen molar-refractivity contribution >= 4 is 5.52 Å². The minimum Gasteiger partial charge on any atom is -0.489 e. The molecule has 1 saturated heterocycles. The Morgan fingerprint density at radius 3 is 3.32 bits per heavy atom. The highest BCUT2D eigenvalue weighted by Gasteiger charge is 2.14. The normalized spacial score (nSPS) is 19.2. The predicted octanol–water partition coefficient (Wildman–Crippen LogP) is 0.573. The lowest BCUT2D eigenvalue weighted by atomic mass is 10.3. The van der Waals surface area contributed by atoms with Crippen LogP contribution in [0.15, 0.2) is 24.5 Å². The van der Waals surface area contributed by atoms with Gasteiger partial charge in [-0.25, -0.2) is 4.52 Å². The van der Waals surface area contributed by atoms with Crippen LogP contribution in [0.1, 0.15) is 5.56 Å². The highest BCUT2D eigenvalue weighted by atomic mass is 16.5. The van der Waals surface area contributed by atoms with Crippen LogP contribution in [0, 0.1) is 11.3 Å². The summed E-state index contributed by atoms with van der Waals surface area (Å²) in [6, 6.07) is 5.78. The molecular formula is C13H14N4O2. The predicted molar refractivity (Wildman–Crippen MR) is 68.0 cm³/mol. The van der Waals surface area contributed by atoms with Crippen LogP contribution in [0.5, 0.6) is 5.75 Å². The van der Waals surface area contributed by atoms with Crippen molar-refractivity contribution in [3.05, 3.63) is 30.1 Å². The lowest BCUT2D eigenvalue weighted by Gasteiger charge is -2.23. The molecule has 98 valence electrons. The fourth-order valence-electron chi connectivity index (χ4n) is 2.05. The smallest absolute Gasteiger partial charge is 0.137 e. The lowest BCUT2D eigenvalue weighted by Crippen LogP contribution is -2.41. The Kier molecular flexibility index (Phi) is 3.31. The van der Waals surface area contributed by atoms with Crippen molar-refractivity contribution in [3.8, 4) is 11.8 Å². The molecule has 1 aliphatic rings. The van der Waals surface area contributed by atoms with Crippen LogP contribution in [-0.2, 0) is 4.74 Å². The second-order valence-corrected chi connectivity index (χ2v) is 4.37. The molecule has 1 N–H and O–H groups in total. The number of pyridine rings is 1. The maximum atomic E-state index is 8.91. The Labute approximate surface area is 110 Å². The number of ether oxygens (including phenoxy) is 2. The number of rotatable bonds is 3. The fourth-order valence-corrected chi connectivity index (χ4v) is 2.05. The molecule has 2 aromatic heterocycles. The molecule has 0 aliphatic carbocycles. The molecule has 0 amide bonds. The van der Waals surface area contributed by atoms with Gasteiger partial charge in [-0.05, 0) is 12.1 Å². The van der Waals surface area contributed by atoms with Crippen molar-refractivity contribution in [2.45, 2.75) is 6.10 Å². The molecular weight excluding hydrogens is 244 g/mol. The summed E-state index contributed by atoms with van der Waals surface area (Å²) in [5.74, 6) is 0.717. The van der Waals surface area contributed by atoms with Gasteiger partial charge in [0.05, 0.1) is 30.1 Å². The van der Waals surface area contributed by atoms with Crippen molar-refractivity contribution in [1.29, 1.82) is 5.26 Å². The van der Waals surface area contributed by atoms with E-state index in [-0.39, 0.29) is 6.10 Å². The van der Waals surface area contributed by atoms with E-state index in [4.69, 9.17) is 14.7 Å². The van der Waals surface area contributed by atoms with Crippen LogP contribution in [0.3, 0.4) is 0 Å². The monoisotopic (exact) mass is 258 g/mol. The second kappa shape index (κ2) is 5.26. The zero-order valence-electron chi connectivity index (χ0n) is 10.4. The van der Waals surface area contributed by atoms with Gasteiger partial charge in [0.25, 0.3) is 0 Å². The van der Waals surface area contributed by atoms with Crippen LogP contribution in [0.25, 0.3) is 5.52 Å². The van der Waals surface area contributed by atoms with Gasteiger partial charge in [-0.2, -0.15) is 10.4 Å². The molecule has 1 aliphatic heterocycles. The molecule has 19 heavy (non-hydrogen) atoms. The number of morpholine rings is 1. The molecule has 0 radical (unpaired) electrons.